The number of hydrogen-bond acceptors (Lipinski definition) is 1. The molecule has 0 aromatic rings. The van der Waals surface area contributed by atoms with Crippen LogP contribution in [0.5, 0.6) is 0 Å². The van der Waals surface area contributed by atoms with Crippen molar-refractivity contribution in [1.29, 1.82) is 0 Å². The van der Waals surface area contributed by atoms with Crippen molar-refractivity contribution in [3.8, 4) is 0 Å². The summed E-state index contributed by atoms with van der Waals surface area (Å²) in [5.74, 6) is 0. The molecule has 84 valence electrons. The molecule has 1 aliphatic rings. The van der Waals surface area contributed by atoms with E-state index in [2.05, 4.69) is 31.9 Å². The third-order valence-corrected chi connectivity index (χ3v) is 4.00. The molecule has 0 spiro atoms. The summed E-state index contributed by atoms with van der Waals surface area (Å²) in [4.78, 5) is 1.42. The lowest BCUT2D eigenvalue weighted by atomic mass is 9.92. The number of hydrogen-bond donors (Lipinski definition) is 1. The van der Waals surface area contributed by atoms with Crippen LogP contribution in [0.1, 0.15) is 6.42 Å². The summed E-state index contributed by atoms with van der Waals surface area (Å²) in [6, 6.07) is 0. The highest BCUT2D eigenvalue weighted by molar-refractivity contribution is 9.14. The zero-order valence-corrected chi connectivity index (χ0v) is 10.5. The molecule has 0 radical (unpaired) electrons. The third kappa shape index (κ3) is 2.95. The van der Waals surface area contributed by atoms with Gasteiger partial charge in [0.25, 0.3) is 0 Å². The van der Waals surface area contributed by atoms with Crippen molar-refractivity contribution in [3.05, 3.63) is 33.3 Å². The molecule has 6 heteroatoms. The first-order valence-corrected chi connectivity index (χ1v) is 5.66. The number of rotatable bonds is 1. The predicted octanol–water partition coefficient (Wildman–Crippen LogP) is 3.80. The van der Waals surface area contributed by atoms with Crippen molar-refractivity contribution in [2.45, 2.75) is 18.2 Å². The van der Waals surface area contributed by atoms with Crippen LogP contribution in [0.25, 0.3) is 0 Å². The van der Waals surface area contributed by atoms with Gasteiger partial charge in [-0.3, -0.25) is 0 Å². The predicted molar refractivity (Wildman–Crippen MR) is 58.8 cm³/mol. The quantitative estimate of drug-likeness (QED) is 0.765. The van der Waals surface area contributed by atoms with Gasteiger partial charge in [0.05, 0.1) is 5.57 Å². The molecule has 0 heterocycles. The molecule has 0 saturated carbocycles. The number of aliphatic hydroxyl groups is 1. The minimum atomic E-state index is -4.36. The van der Waals surface area contributed by atoms with E-state index in [0.29, 0.717) is 4.48 Å². The van der Waals surface area contributed by atoms with Crippen molar-refractivity contribution in [3.63, 3.8) is 0 Å². The van der Waals surface area contributed by atoms with Crippen LogP contribution in [0.4, 0.5) is 13.2 Å². The monoisotopic (exact) mass is 346 g/mol. The summed E-state index contributed by atoms with van der Waals surface area (Å²) >= 11 is 6.06. The van der Waals surface area contributed by atoms with E-state index in [-0.39, 0.29) is 6.42 Å². The average Bonchev–Trinajstić information content (AvgIpc) is 2.15. The van der Waals surface area contributed by atoms with Gasteiger partial charge in [0.1, 0.15) is 5.60 Å². The van der Waals surface area contributed by atoms with E-state index in [1.807, 2.05) is 0 Å². The van der Waals surface area contributed by atoms with Gasteiger partial charge in [0.2, 0.25) is 0 Å². The maximum Gasteiger partial charge on any atom is 0.416 e. The van der Waals surface area contributed by atoms with E-state index in [1.54, 1.807) is 0 Å². The highest BCUT2D eigenvalue weighted by atomic mass is 79.9. The summed E-state index contributed by atoms with van der Waals surface area (Å²) in [5, 5.41) is 9.88. The van der Waals surface area contributed by atoms with Gasteiger partial charge in [-0.1, -0.05) is 44.0 Å². The van der Waals surface area contributed by atoms with E-state index in [1.165, 1.54) is 4.99 Å². The van der Waals surface area contributed by atoms with Crippen LogP contribution >= 0.6 is 31.9 Å². The van der Waals surface area contributed by atoms with Crippen molar-refractivity contribution in [1.82, 2.24) is 0 Å². The first kappa shape index (κ1) is 13.0. The van der Waals surface area contributed by atoms with Gasteiger partial charge in [-0.2, -0.15) is 13.2 Å². The summed E-state index contributed by atoms with van der Waals surface area (Å²) < 4.78 is 37.1. The molecule has 0 bridgehead atoms. The molecule has 0 aliphatic heterocycles. The molecule has 1 aliphatic carbocycles. The number of alkyl halides is 3. The largest absolute Gasteiger partial charge is 0.416 e. The zero-order chi connectivity index (χ0) is 11.7. The minimum absolute atomic E-state index is 0.110. The number of halogens is 5. The van der Waals surface area contributed by atoms with Crippen LogP contribution in [0.2, 0.25) is 0 Å². The van der Waals surface area contributed by atoms with Crippen molar-refractivity contribution < 1.29 is 18.3 Å². The minimum Gasteiger partial charge on any atom is -0.380 e. The summed E-state index contributed by atoms with van der Waals surface area (Å²) in [7, 11) is 0. The Kier molecular flexibility index (Phi) is 3.84. The standard InChI is InChI=1S/C9H7Br2F3O/c10-5-7(11)8(15)3-1-6(2-4-8)9(12,13)14/h1-3,5,15H,4H2/b7-5+. The molecule has 15 heavy (non-hydrogen) atoms. The van der Waals surface area contributed by atoms with Crippen LogP contribution in [-0.2, 0) is 0 Å². The lowest BCUT2D eigenvalue weighted by molar-refractivity contribution is -0.0890. The fourth-order valence-corrected chi connectivity index (χ4v) is 1.80. The maximum atomic E-state index is 12.2. The molecule has 0 saturated heterocycles. The first-order chi connectivity index (χ1) is 6.79. The van der Waals surface area contributed by atoms with Gasteiger partial charge in [-0.15, -0.1) is 0 Å². The Bertz CT molecular complexity index is 344. The van der Waals surface area contributed by atoms with E-state index < -0.39 is 17.4 Å². The maximum absolute atomic E-state index is 12.2. The summed E-state index contributed by atoms with van der Waals surface area (Å²) in [6.07, 6.45) is -1.50. The molecule has 0 aromatic heterocycles. The van der Waals surface area contributed by atoms with Crippen molar-refractivity contribution >= 4 is 31.9 Å². The zero-order valence-electron chi connectivity index (χ0n) is 7.35. The topological polar surface area (TPSA) is 20.2 Å². The van der Waals surface area contributed by atoms with E-state index in [9.17, 15) is 18.3 Å². The lowest BCUT2D eigenvalue weighted by Crippen LogP contribution is -2.28. The normalized spacial score (nSPS) is 27.9. The van der Waals surface area contributed by atoms with E-state index in [0.717, 1.165) is 18.2 Å². The van der Waals surface area contributed by atoms with Gasteiger partial charge in [-0.25, -0.2) is 0 Å². The highest BCUT2D eigenvalue weighted by Gasteiger charge is 2.37. The fourth-order valence-electron chi connectivity index (χ4n) is 1.11. The Hall–Kier alpha value is -0.0700. The van der Waals surface area contributed by atoms with Crippen molar-refractivity contribution in [2.75, 3.05) is 0 Å². The number of allylic oxidation sites excluding steroid dienone is 2. The van der Waals surface area contributed by atoms with Crippen LogP contribution in [0, 0.1) is 0 Å². The van der Waals surface area contributed by atoms with Gasteiger partial charge in [0, 0.05) is 10.9 Å². The van der Waals surface area contributed by atoms with Gasteiger partial charge in [0.15, 0.2) is 0 Å². The van der Waals surface area contributed by atoms with E-state index in [4.69, 9.17) is 0 Å². The van der Waals surface area contributed by atoms with Crippen LogP contribution < -0.4 is 0 Å². The Balaban J connectivity index is 2.89. The average molecular weight is 348 g/mol. The molecule has 1 atom stereocenters. The van der Waals surface area contributed by atoms with Gasteiger partial charge >= 0.3 is 6.18 Å². The lowest BCUT2D eigenvalue weighted by Gasteiger charge is -2.26. The molecule has 0 amide bonds. The molecule has 1 N–H and O–H groups in total. The second-order valence-corrected chi connectivity index (χ2v) is 4.39. The van der Waals surface area contributed by atoms with E-state index >= 15 is 0 Å². The molecule has 0 aromatic carbocycles. The molecular formula is C9H7Br2F3O. The Morgan fingerprint density at radius 3 is 2.47 bits per heavy atom. The molecular weight excluding hydrogens is 341 g/mol. The van der Waals surface area contributed by atoms with Crippen LogP contribution in [-0.4, -0.2) is 16.9 Å². The second-order valence-electron chi connectivity index (χ2n) is 3.08. The smallest absolute Gasteiger partial charge is 0.380 e. The fraction of sp³-hybridized carbons (Fsp3) is 0.333. The van der Waals surface area contributed by atoms with Crippen LogP contribution in [0.15, 0.2) is 33.3 Å². The molecule has 1 nitrogen and oxygen atoms in total. The molecule has 0 fully saturated rings. The molecule has 1 unspecified atom stereocenters. The Morgan fingerprint density at radius 2 is 2.13 bits per heavy atom. The molecule has 1 rings (SSSR count). The third-order valence-electron chi connectivity index (χ3n) is 2.01. The van der Waals surface area contributed by atoms with Crippen LogP contribution in [0.3, 0.4) is 0 Å². The highest BCUT2D eigenvalue weighted by Crippen LogP contribution is 2.37. The SMILES string of the molecule is OC1(/C(Br)=C\Br)C=CC(C(F)(F)F)=CC1. The summed E-state index contributed by atoms with van der Waals surface area (Å²) in [5.41, 5.74) is -2.12. The second kappa shape index (κ2) is 4.43. The first-order valence-electron chi connectivity index (χ1n) is 3.95. The Morgan fingerprint density at radius 1 is 1.53 bits per heavy atom. The van der Waals surface area contributed by atoms with Crippen molar-refractivity contribution in [2.24, 2.45) is 0 Å². The van der Waals surface area contributed by atoms with Gasteiger partial charge < -0.3 is 5.11 Å². The summed E-state index contributed by atoms with van der Waals surface area (Å²) in [6.45, 7) is 0. The Labute approximate surface area is 102 Å². The van der Waals surface area contributed by atoms with Gasteiger partial charge in [-0.05, 0) is 11.1 Å².